The SMILES string of the molecule is Cc1ccc([C@H](Oc2ccc3c(cnn3-c3ccc(F)cc3)c2)[C@H](C)NC(=O)C(C)(C)F)cc1C. The minimum Gasteiger partial charge on any atom is -0.484 e. The van der Waals surface area contributed by atoms with Crippen LogP contribution in [-0.2, 0) is 4.79 Å². The fourth-order valence-electron chi connectivity index (χ4n) is 3.87. The van der Waals surface area contributed by atoms with Gasteiger partial charge in [0.05, 0.1) is 23.4 Å². The first-order valence-electron chi connectivity index (χ1n) is 11.5. The van der Waals surface area contributed by atoms with Gasteiger partial charge in [-0.25, -0.2) is 13.5 Å². The molecule has 0 spiro atoms. The summed E-state index contributed by atoms with van der Waals surface area (Å²) in [5, 5.41) is 8.03. The largest absolute Gasteiger partial charge is 0.484 e. The van der Waals surface area contributed by atoms with Crippen LogP contribution in [0, 0.1) is 19.7 Å². The van der Waals surface area contributed by atoms with Gasteiger partial charge >= 0.3 is 0 Å². The van der Waals surface area contributed by atoms with Crippen molar-refractivity contribution in [2.24, 2.45) is 0 Å². The Balaban J connectivity index is 1.66. The van der Waals surface area contributed by atoms with Crippen molar-refractivity contribution in [2.45, 2.75) is 52.4 Å². The van der Waals surface area contributed by atoms with E-state index in [0.717, 1.165) is 33.3 Å². The summed E-state index contributed by atoms with van der Waals surface area (Å²) < 4.78 is 35.6. The third kappa shape index (κ3) is 5.34. The fourth-order valence-corrected chi connectivity index (χ4v) is 3.87. The molecule has 0 aliphatic carbocycles. The number of carbonyl (C=O) groups excluding carboxylic acids is 1. The summed E-state index contributed by atoms with van der Waals surface area (Å²) in [5.74, 6) is -0.422. The highest BCUT2D eigenvalue weighted by Gasteiger charge is 2.31. The van der Waals surface area contributed by atoms with Gasteiger partial charge in [0.15, 0.2) is 5.67 Å². The van der Waals surface area contributed by atoms with Gasteiger partial charge in [-0.2, -0.15) is 5.10 Å². The molecular weight excluding hydrogens is 448 g/mol. The standard InChI is InChI=1S/C28H29F2N3O2/c1-17-6-7-20(14-18(17)2)26(19(3)32-27(34)28(4,5)30)35-24-12-13-25-21(15-24)16-31-33(25)23-10-8-22(29)9-11-23/h6-16,19,26H,1-5H3,(H,32,34)/t19-,26+/m0/s1. The van der Waals surface area contributed by atoms with Crippen LogP contribution in [0.5, 0.6) is 5.75 Å². The van der Waals surface area contributed by atoms with Crippen molar-refractivity contribution < 1.29 is 18.3 Å². The van der Waals surface area contributed by atoms with Crippen LogP contribution in [-0.4, -0.2) is 27.4 Å². The van der Waals surface area contributed by atoms with Crippen molar-refractivity contribution in [3.05, 3.63) is 89.4 Å². The number of hydrogen-bond donors (Lipinski definition) is 1. The zero-order chi connectivity index (χ0) is 25.3. The number of hydrogen-bond acceptors (Lipinski definition) is 3. The normalized spacial score (nSPS) is 13.5. The van der Waals surface area contributed by atoms with Crippen LogP contribution < -0.4 is 10.1 Å². The molecule has 1 N–H and O–H groups in total. The lowest BCUT2D eigenvalue weighted by Gasteiger charge is -2.28. The number of alkyl halides is 1. The van der Waals surface area contributed by atoms with Crippen LogP contribution in [0.15, 0.2) is 66.9 Å². The van der Waals surface area contributed by atoms with Crippen molar-refractivity contribution in [1.82, 2.24) is 15.1 Å². The first kappa shape index (κ1) is 24.4. The Labute approximate surface area is 203 Å². The summed E-state index contributed by atoms with van der Waals surface area (Å²) in [6.45, 7) is 8.30. The number of aryl methyl sites for hydroxylation is 2. The van der Waals surface area contributed by atoms with Crippen molar-refractivity contribution in [3.8, 4) is 11.4 Å². The summed E-state index contributed by atoms with van der Waals surface area (Å²) in [4.78, 5) is 12.3. The number of nitrogens with zero attached hydrogens (tertiary/aromatic N) is 2. The molecule has 5 nitrogen and oxygen atoms in total. The number of benzene rings is 3. The van der Waals surface area contributed by atoms with Crippen LogP contribution in [0.1, 0.15) is 43.6 Å². The average molecular weight is 478 g/mol. The molecule has 1 amide bonds. The lowest BCUT2D eigenvalue weighted by molar-refractivity contribution is -0.132. The van der Waals surface area contributed by atoms with Crippen LogP contribution >= 0.6 is 0 Å². The lowest BCUT2D eigenvalue weighted by atomic mass is 9.98. The molecule has 0 saturated carbocycles. The predicted molar refractivity (Wildman–Crippen MR) is 133 cm³/mol. The number of ether oxygens (including phenoxy) is 1. The average Bonchev–Trinajstić information content (AvgIpc) is 3.22. The minimum absolute atomic E-state index is 0.310. The van der Waals surface area contributed by atoms with E-state index in [1.165, 1.54) is 26.0 Å². The zero-order valence-electron chi connectivity index (χ0n) is 20.5. The van der Waals surface area contributed by atoms with Crippen LogP contribution in [0.2, 0.25) is 0 Å². The Morgan fingerprint density at radius 1 is 1.03 bits per heavy atom. The predicted octanol–water partition coefficient (Wildman–Crippen LogP) is 6.15. The highest BCUT2D eigenvalue weighted by atomic mass is 19.1. The van der Waals surface area contributed by atoms with Gasteiger partial charge in [-0.05, 0) is 93.8 Å². The summed E-state index contributed by atoms with van der Waals surface area (Å²) in [7, 11) is 0. The Morgan fingerprint density at radius 3 is 2.40 bits per heavy atom. The van der Waals surface area contributed by atoms with Crippen LogP contribution in [0.3, 0.4) is 0 Å². The van der Waals surface area contributed by atoms with Crippen LogP contribution in [0.25, 0.3) is 16.6 Å². The number of rotatable bonds is 7. The number of nitrogens with one attached hydrogen (secondary N) is 1. The Hall–Kier alpha value is -3.74. The number of amides is 1. The van der Waals surface area contributed by atoms with Gasteiger partial charge in [0.2, 0.25) is 0 Å². The van der Waals surface area contributed by atoms with Crippen molar-refractivity contribution in [1.29, 1.82) is 0 Å². The molecule has 1 heterocycles. The first-order valence-corrected chi connectivity index (χ1v) is 11.5. The second-order valence-corrected chi connectivity index (χ2v) is 9.37. The Bertz CT molecular complexity index is 1360. The molecule has 0 saturated heterocycles. The maximum Gasteiger partial charge on any atom is 0.257 e. The highest BCUT2D eigenvalue weighted by Crippen LogP contribution is 2.30. The van der Waals surface area contributed by atoms with Gasteiger partial charge in [0, 0.05) is 5.39 Å². The lowest BCUT2D eigenvalue weighted by Crippen LogP contribution is -2.46. The molecule has 182 valence electrons. The molecule has 0 aliphatic heterocycles. The molecule has 0 fully saturated rings. The van der Waals surface area contributed by atoms with E-state index in [1.54, 1.807) is 29.9 Å². The first-order chi connectivity index (χ1) is 16.5. The molecule has 1 aromatic heterocycles. The van der Waals surface area contributed by atoms with Gasteiger partial charge in [-0.3, -0.25) is 4.79 Å². The molecule has 0 unspecified atom stereocenters. The number of carbonyl (C=O) groups is 1. The maximum absolute atomic E-state index is 14.2. The van der Waals surface area contributed by atoms with Crippen molar-refractivity contribution in [3.63, 3.8) is 0 Å². The van der Waals surface area contributed by atoms with E-state index in [2.05, 4.69) is 10.4 Å². The molecule has 2 atom stereocenters. The van der Waals surface area contributed by atoms with Gasteiger partial charge in [-0.1, -0.05) is 18.2 Å². The number of aromatic nitrogens is 2. The fraction of sp³-hybridized carbons (Fsp3) is 0.286. The van der Waals surface area contributed by atoms with Gasteiger partial charge < -0.3 is 10.1 Å². The van der Waals surface area contributed by atoms with Crippen LogP contribution in [0.4, 0.5) is 8.78 Å². The molecule has 3 aromatic carbocycles. The monoisotopic (exact) mass is 477 g/mol. The van der Waals surface area contributed by atoms with Gasteiger partial charge in [-0.15, -0.1) is 0 Å². The summed E-state index contributed by atoms with van der Waals surface area (Å²) in [5.41, 5.74) is 2.69. The summed E-state index contributed by atoms with van der Waals surface area (Å²) in [6, 6.07) is 17.2. The van der Waals surface area contributed by atoms with E-state index in [-0.39, 0.29) is 5.82 Å². The molecule has 0 aliphatic rings. The molecule has 35 heavy (non-hydrogen) atoms. The topological polar surface area (TPSA) is 56.1 Å². The molecular formula is C28H29F2N3O2. The Morgan fingerprint density at radius 2 is 1.74 bits per heavy atom. The molecule has 4 aromatic rings. The van der Waals surface area contributed by atoms with Gasteiger partial charge in [0.25, 0.3) is 5.91 Å². The second kappa shape index (κ2) is 9.49. The summed E-state index contributed by atoms with van der Waals surface area (Å²) >= 11 is 0. The molecule has 0 bridgehead atoms. The zero-order valence-corrected chi connectivity index (χ0v) is 20.5. The van der Waals surface area contributed by atoms with E-state index >= 15 is 0 Å². The van der Waals surface area contributed by atoms with Crippen molar-refractivity contribution in [2.75, 3.05) is 0 Å². The Kier molecular flexibility index (Phi) is 6.61. The van der Waals surface area contributed by atoms with E-state index in [9.17, 15) is 13.6 Å². The quantitative estimate of drug-likeness (QED) is 0.347. The van der Waals surface area contributed by atoms with E-state index in [0.29, 0.717) is 5.75 Å². The van der Waals surface area contributed by atoms with E-state index in [4.69, 9.17) is 4.74 Å². The smallest absolute Gasteiger partial charge is 0.257 e. The summed E-state index contributed by atoms with van der Waals surface area (Å²) in [6.07, 6.45) is 1.16. The van der Waals surface area contributed by atoms with Crippen molar-refractivity contribution >= 4 is 16.8 Å². The third-order valence-electron chi connectivity index (χ3n) is 6.09. The van der Waals surface area contributed by atoms with Gasteiger partial charge in [0.1, 0.15) is 17.7 Å². The maximum atomic E-state index is 14.2. The number of fused-ring (bicyclic) bond motifs is 1. The highest BCUT2D eigenvalue weighted by molar-refractivity contribution is 5.84. The molecule has 7 heteroatoms. The second-order valence-electron chi connectivity index (χ2n) is 9.37. The number of halogens is 2. The molecule has 4 rings (SSSR count). The third-order valence-corrected chi connectivity index (χ3v) is 6.09. The minimum atomic E-state index is -2.00. The molecule has 0 radical (unpaired) electrons. The van der Waals surface area contributed by atoms with E-state index in [1.807, 2.05) is 50.2 Å². The van der Waals surface area contributed by atoms with E-state index < -0.39 is 23.7 Å².